The number of amides is 2. The molecular formula is C14H21F2N3O2. The van der Waals surface area contributed by atoms with E-state index in [4.69, 9.17) is 5.73 Å². The van der Waals surface area contributed by atoms with Crippen LogP contribution in [-0.4, -0.2) is 31.8 Å². The number of primary amides is 1. The van der Waals surface area contributed by atoms with Crippen molar-refractivity contribution in [1.29, 1.82) is 0 Å². The number of hydrogen-bond donors (Lipinski definition) is 3. The molecule has 2 amide bonds. The molecule has 0 aliphatic carbocycles. The van der Waals surface area contributed by atoms with Gasteiger partial charge in [-0.3, -0.25) is 0 Å². The SMILES string of the molecule is CC(CCc1ccc(OC(F)F)cc1)NCCNC(N)=O. The van der Waals surface area contributed by atoms with E-state index in [-0.39, 0.29) is 11.8 Å². The number of carbonyl (C=O) groups is 1. The van der Waals surface area contributed by atoms with Crippen LogP contribution in [0.2, 0.25) is 0 Å². The maximum absolute atomic E-state index is 12.0. The zero-order chi connectivity index (χ0) is 15.7. The first-order valence-electron chi connectivity index (χ1n) is 6.78. The highest BCUT2D eigenvalue weighted by atomic mass is 19.3. The third-order valence-corrected chi connectivity index (χ3v) is 2.93. The molecule has 0 aromatic heterocycles. The van der Waals surface area contributed by atoms with Crippen LogP contribution in [0.4, 0.5) is 13.6 Å². The van der Waals surface area contributed by atoms with Crippen molar-refractivity contribution >= 4 is 6.03 Å². The van der Waals surface area contributed by atoms with Gasteiger partial charge in [-0.05, 0) is 37.5 Å². The molecule has 0 aliphatic heterocycles. The molecule has 1 atom stereocenters. The Morgan fingerprint density at radius 2 is 1.95 bits per heavy atom. The summed E-state index contributed by atoms with van der Waals surface area (Å²) in [7, 11) is 0. The minimum atomic E-state index is -2.80. The number of urea groups is 1. The van der Waals surface area contributed by atoms with Gasteiger partial charge in [0.15, 0.2) is 0 Å². The van der Waals surface area contributed by atoms with Gasteiger partial charge in [-0.25, -0.2) is 4.79 Å². The second-order valence-corrected chi connectivity index (χ2v) is 4.71. The van der Waals surface area contributed by atoms with Crippen molar-refractivity contribution in [3.05, 3.63) is 29.8 Å². The van der Waals surface area contributed by atoms with Crippen molar-refractivity contribution in [2.24, 2.45) is 5.73 Å². The van der Waals surface area contributed by atoms with Crippen LogP contribution in [0.1, 0.15) is 18.9 Å². The molecule has 0 heterocycles. The molecule has 0 spiro atoms. The molecule has 5 nitrogen and oxygen atoms in total. The molecule has 4 N–H and O–H groups in total. The molecule has 0 radical (unpaired) electrons. The standard InChI is InChI=1S/C14H21F2N3O2/c1-10(18-8-9-19-14(17)20)2-3-11-4-6-12(7-5-11)21-13(15)16/h4-7,10,13,18H,2-3,8-9H2,1H3,(H3,17,19,20). The Bertz CT molecular complexity index is 427. The quantitative estimate of drug-likeness (QED) is 0.609. The van der Waals surface area contributed by atoms with E-state index in [2.05, 4.69) is 15.4 Å². The van der Waals surface area contributed by atoms with E-state index in [1.54, 1.807) is 12.1 Å². The molecule has 1 aromatic rings. The molecule has 21 heavy (non-hydrogen) atoms. The van der Waals surface area contributed by atoms with Crippen LogP contribution >= 0.6 is 0 Å². The summed E-state index contributed by atoms with van der Waals surface area (Å²) in [5.41, 5.74) is 6.01. The molecule has 0 fully saturated rings. The molecule has 118 valence electrons. The van der Waals surface area contributed by atoms with Crippen LogP contribution < -0.4 is 21.1 Å². The summed E-state index contributed by atoms with van der Waals surface area (Å²) >= 11 is 0. The van der Waals surface area contributed by atoms with Crippen LogP contribution in [0.3, 0.4) is 0 Å². The lowest BCUT2D eigenvalue weighted by Gasteiger charge is -2.14. The molecular weight excluding hydrogens is 280 g/mol. The van der Waals surface area contributed by atoms with Gasteiger partial charge in [-0.2, -0.15) is 8.78 Å². The largest absolute Gasteiger partial charge is 0.435 e. The van der Waals surface area contributed by atoms with Crippen molar-refractivity contribution in [3.63, 3.8) is 0 Å². The number of rotatable bonds is 9. The number of hydrogen-bond acceptors (Lipinski definition) is 3. The number of nitrogens with two attached hydrogens (primary N) is 1. The highest BCUT2D eigenvalue weighted by Crippen LogP contribution is 2.16. The zero-order valence-corrected chi connectivity index (χ0v) is 11.9. The molecule has 0 saturated heterocycles. The van der Waals surface area contributed by atoms with E-state index in [9.17, 15) is 13.6 Å². The minimum Gasteiger partial charge on any atom is -0.435 e. The van der Waals surface area contributed by atoms with Crippen LogP contribution in [-0.2, 0) is 6.42 Å². The van der Waals surface area contributed by atoms with Gasteiger partial charge >= 0.3 is 12.6 Å². The smallest absolute Gasteiger partial charge is 0.387 e. The van der Waals surface area contributed by atoms with Gasteiger partial charge in [0.25, 0.3) is 0 Å². The fraction of sp³-hybridized carbons (Fsp3) is 0.500. The Balaban J connectivity index is 2.23. The third-order valence-electron chi connectivity index (χ3n) is 2.93. The van der Waals surface area contributed by atoms with Gasteiger partial charge in [0.2, 0.25) is 0 Å². The van der Waals surface area contributed by atoms with Crippen molar-refractivity contribution in [2.45, 2.75) is 32.4 Å². The summed E-state index contributed by atoms with van der Waals surface area (Å²) in [6.07, 6.45) is 1.72. The number of aryl methyl sites for hydroxylation is 1. The van der Waals surface area contributed by atoms with Crippen molar-refractivity contribution in [2.75, 3.05) is 13.1 Å². The van der Waals surface area contributed by atoms with Gasteiger partial charge in [-0.15, -0.1) is 0 Å². The molecule has 1 aromatic carbocycles. The normalized spacial score (nSPS) is 12.2. The van der Waals surface area contributed by atoms with Crippen molar-refractivity contribution in [1.82, 2.24) is 10.6 Å². The Labute approximate surface area is 122 Å². The van der Waals surface area contributed by atoms with Gasteiger partial charge in [-0.1, -0.05) is 12.1 Å². The first-order valence-corrected chi connectivity index (χ1v) is 6.78. The predicted octanol–water partition coefficient (Wildman–Crippen LogP) is 1.87. The summed E-state index contributed by atoms with van der Waals surface area (Å²) in [6.45, 7) is 0.373. The van der Waals surface area contributed by atoms with Crippen LogP contribution in [0.15, 0.2) is 24.3 Å². The highest BCUT2D eigenvalue weighted by molar-refractivity contribution is 5.71. The van der Waals surface area contributed by atoms with Crippen molar-refractivity contribution in [3.8, 4) is 5.75 Å². The number of carbonyl (C=O) groups excluding carboxylic acids is 1. The third kappa shape index (κ3) is 8.09. The fourth-order valence-electron chi connectivity index (χ4n) is 1.83. The van der Waals surface area contributed by atoms with E-state index in [1.807, 2.05) is 6.92 Å². The summed E-state index contributed by atoms with van der Waals surface area (Å²) in [6, 6.07) is 6.37. The molecule has 0 saturated carbocycles. The Kier molecular flexibility index (Phi) is 7.45. The van der Waals surface area contributed by atoms with Gasteiger partial charge in [0.1, 0.15) is 5.75 Å². The molecule has 7 heteroatoms. The first kappa shape index (κ1) is 17.2. The highest BCUT2D eigenvalue weighted by Gasteiger charge is 2.05. The second-order valence-electron chi connectivity index (χ2n) is 4.71. The van der Waals surface area contributed by atoms with E-state index in [0.717, 1.165) is 18.4 Å². The number of alkyl halides is 2. The molecule has 1 rings (SSSR count). The summed E-state index contributed by atoms with van der Waals surface area (Å²) in [4.78, 5) is 10.5. The van der Waals surface area contributed by atoms with Crippen LogP contribution in [0, 0.1) is 0 Å². The average Bonchev–Trinajstić information content (AvgIpc) is 2.42. The number of nitrogens with one attached hydrogen (secondary N) is 2. The number of benzene rings is 1. The summed E-state index contributed by atoms with van der Waals surface area (Å²) < 4.78 is 28.3. The second kappa shape index (κ2) is 9.12. The van der Waals surface area contributed by atoms with Crippen molar-refractivity contribution < 1.29 is 18.3 Å². The Hall–Kier alpha value is -1.89. The van der Waals surface area contributed by atoms with Gasteiger partial charge < -0.3 is 21.1 Å². The van der Waals surface area contributed by atoms with E-state index in [0.29, 0.717) is 13.1 Å². The lowest BCUT2D eigenvalue weighted by atomic mass is 10.1. The fourth-order valence-corrected chi connectivity index (χ4v) is 1.83. The van der Waals surface area contributed by atoms with Gasteiger partial charge in [0, 0.05) is 19.1 Å². The van der Waals surface area contributed by atoms with E-state index in [1.165, 1.54) is 12.1 Å². The summed E-state index contributed by atoms with van der Waals surface area (Å²) in [5, 5.41) is 5.75. The van der Waals surface area contributed by atoms with Crippen LogP contribution in [0.25, 0.3) is 0 Å². The summed E-state index contributed by atoms with van der Waals surface area (Å²) in [5.74, 6) is 0.164. The number of halogens is 2. The van der Waals surface area contributed by atoms with Crippen LogP contribution in [0.5, 0.6) is 5.75 Å². The monoisotopic (exact) mass is 301 g/mol. The first-order chi connectivity index (χ1) is 9.97. The van der Waals surface area contributed by atoms with E-state index >= 15 is 0 Å². The predicted molar refractivity (Wildman–Crippen MR) is 76.4 cm³/mol. The topological polar surface area (TPSA) is 76.4 Å². The average molecular weight is 301 g/mol. The maximum Gasteiger partial charge on any atom is 0.387 e. The lowest BCUT2D eigenvalue weighted by Crippen LogP contribution is -2.38. The minimum absolute atomic E-state index is 0.164. The molecule has 0 bridgehead atoms. The maximum atomic E-state index is 12.0. The Morgan fingerprint density at radius 3 is 2.52 bits per heavy atom. The number of ether oxygens (including phenoxy) is 1. The zero-order valence-electron chi connectivity index (χ0n) is 11.9. The van der Waals surface area contributed by atoms with Gasteiger partial charge in [0.05, 0.1) is 0 Å². The van der Waals surface area contributed by atoms with E-state index < -0.39 is 12.6 Å². The Morgan fingerprint density at radius 1 is 1.29 bits per heavy atom. The molecule has 1 unspecified atom stereocenters. The lowest BCUT2D eigenvalue weighted by molar-refractivity contribution is -0.0498. The molecule has 0 aliphatic rings.